The zero-order valence-corrected chi connectivity index (χ0v) is 18.0. The van der Waals surface area contributed by atoms with Crippen molar-refractivity contribution in [3.8, 4) is 0 Å². The Bertz CT molecular complexity index is 814. The highest BCUT2D eigenvalue weighted by Gasteiger charge is 2.27. The molecule has 7 N–H and O–H groups in total. The molecule has 1 aromatic rings. The van der Waals surface area contributed by atoms with Gasteiger partial charge in [-0.3, -0.25) is 19.2 Å². The van der Waals surface area contributed by atoms with Crippen molar-refractivity contribution in [1.82, 2.24) is 16.0 Å². The number of hydrogen-bond acceptors (Lipinski definition) is 6. The predicted molar refractivity (Wildman–Crippen MR) is 114 cm³/mol. The number of benzene rings is 1. The number of rotatable bonds is 13. The normalized spacial score (nSPS) is 13.5. The van der Waals surface area contributed by atoms with Crippen LogP contribution in [0.3, 0.4) is 0 Å². The van der Waals surface area contributed by atoms with Crippen molar-refractivity contribution in [2.24, 2.45) is 11.7 Å². The van der Waals surface area contributed by atoms with E-state index in [0.717, 1.165) is 0 Å². The number of carbonyl (C=O) groups is 5. The molecule has 0 bridgehead atoms. The first kappa shape index (κ1) is 26.6. The quantitative estimate of drug-likeness (QED) is 0.226. The summed E-state index contributed by atoms with van der Waals surface area (Å²) >= 11 is 0. The number of carbonyl (C=O) groups excluding carboxylic acids is 3. The fourth-order valence-electron chi connectivity index (χ4n) is 2.69. The van der Waals surface area contributed by atoms with E-state index in [1.54, 1.807) is 44.2 Å². The Morgan fingerprint density at radius 2 is 1.56 bits per heavy atom. The lowest BCUT2D eigenvalue weighted by Gasteiger charge is -2.22. The van der Waals surface area contributed by atoms with Gasteiger partial charge in [0.05, 0.1) is 12.6 Å². The molecule has 0 radical (unpaired) electrons. The fraction of sp³-hybridized carbons (Fsp3) is 0.476. The van der Waals surface area contributed by atoms with Crippen LogP contribution in [0.2, 0.25) is 0 Å². The molecular formula is C21H30N4O7. The summed E-state index contributed by atoms with van der Waals surface area (Å²) in [7, 11) is 0. The van der Waals surface area contributed by atoms with Crippen molar-refractivity contribution >= 4 is 29.7 Å². The van der Waals surface area contributed by atoms with Crippen LogP contribution in [0.5, 0.6) is 0 Å². The molecule has 3 unspecified atom stereocenters. The number of carboxylic acids is 2. The zero-order chi connectivity index (χ0) is 24.3. The first-order valence-electron chi connectivity index (χ1n) is 10.1. The van der Waals surface area contributed by atoms with Crippen LogP contribution in [0, 0.1) is 5.92 Å². The Kier molecular flexibility index (Phi) is 10.8. The van der Waals surface area contributed by atoms with Crippen LogP contribution in [0.15, 0.2) is 30.3 Å². The van der Waals surface area contributed by atoms with E-state index in [1.165, 1.54) is 0 Å². The van der Waals surface area contributed by atoms with Gasteiger partial charge in [0.25, 0.3) is 0 Å². The molecule has 11 nitrogen and oxygen atoms in total. The molecule has 0 spiro atoms. The Balaban J connectivity index is 2.86. The smallest absolute Gasteiger partial charge is 0.326 e. The third kappa shape index (κ3) is 9.56. The fourth-order valence-corrected chi connectivity index (χ4v) is 2.69. The van der Waals surface area contributed by atoms with E-state index in [-0.39, 0.29) is 18.8 Å². The summed E-state index contributed by atoms with van der Waals surface area (Å²) in [5, 5.41) is 25.2. The zero-order valence-electron chi connectivity index (χ0n) is 18.0. The third-order valence-electron chi connectivity index (χ3n) is 4.64. The topological polar surface area (TPSA) is 188 Å². The largest absolute Gasteiger partial charge is 0.481 e. The first-order valence-corrected chi connectivity index (χ1v) is 10.1. The number of hydrogen-bond donors (Lipinski definition) is 6. The number of amides is 3. The monoisotopic (exact) mass is 450 g/mol. The maximum atomic E-state index is 12.7. The average Bonchev–Trinajstić information content (AvgIpc) is 2.73. The highest BCUT2D eigenvalue weighted by molar-refractivity contribution is 5.92. The number of nitrogens with two attached hydrogens (primary N) is 1. The molecule has 1 rings (SSSR count). The van der Waals surface area contributed by atoms with Crippen LogP contribution in [-0.4, -0.2) is 64.5 Å². The molecule has 176 valence electrons. The van der Waals surface area contributed by atoms with Crippen molar-refractivity contribution < 1.29 is 34.2 Å². The van der Waals surface area contributed by atoms with Gasteiger partial charge in [-0.1, -0.05) is 44.2 Å². The van der Waals surface area contributed by atoms with Gasteiger partial charge in [0.15, 0.2) is 0 Å². The van der Waals surface area contributed by atoms with Crippen molar-refractivity contribution in [1.29, 1.82) is 0 Å². The predicted octanol–water partition coefficient (Wildman–Crippen LogP) is -0.752. The Hall–Kier alpha value is -3.47. The maximum Gasteiger partial charge on any atom is 0.326 e. The SMILES string of the molecule is CC(C)C(N)C(=O)NCC(=O)NC(Cc1ccccc1)C(=O)NC(CCC(=O)O)C(=O)O. The number of aliphatic carboxylic acids is 2. The van der Waals surface area contributed by atoms with Crippen LogP contribution >= 0.6 is 0 Å². The van der Waals surface area contributed by atoms with E-state index in [2.05, 4.69) is 16.0 Å². The molecule has 0 heterocycles. The van der Waals surface area contributed by atoms with Crippen LogP contribution in [0.1, 0.15) is 32.3 Å². The van der Waals surface area contributed by atoms with E-state index in [1.807, 2.05) is 0 Å². The lowest BCUT2D eigenvalue weighted by atomic mass is 10.0. The Morgan fingerprint density at radius 1 is 0.938 bits per heavy atom. The van der Waals surface area contributed by atoms with Gasteiger partial charge in [0.1, 0.15) is 12.1 Å². The summed E-state index contributed by atoms with van der Waals surface area (Å²) < 4.78 is 0. The summed E-state index contributed by atoms with van der Waals surface area (Å²) in [6.45, 7) is 3.10. The van der Waals surface area contributed by atoms with E-state index in [0.29, 0.717) is 5.56 Å². The van der Waals surface area contributed by atoms with E-state index >= 15 is 0 Å². The maximum absolute atomic E-state index is 12.7. The first-order chi connectivity index (χ1) is 15.0. The second-order valence-electron chi connectivity index (χ2n) is 7.63. The van der Waals surface area contributed by atoms with Crippen LogP contribution in [-0.2, 0) is 30.4 Å². The van der Waals surface area contributed by atoms with E-state index in [4.69, 9.17) is 10.8 Å². The Labute approximate surface area is 185 Å². The molecule has 3 atom stereocenters. The summed E-state index contributed by atoms with van der Waals surface area (Å²) in [6.07, 6.45) is -0.705. The highest BCUT2D eigenvalue weighted by atomic mass is 16.4. The molecule has 3 amide bonds. The van der Waals surface area contributed by atoms with Crippen molar-refractivity contribution in [3.63, 3.8) is 0 Å². The summed E-state index contributed by atoms with van der Waals surface area (Å²) in [6, 6.07) is 5.35. The minimum Gasteiger partial charge on any atom is -0.481 e. The molecule has 0 aliphatic heterocycles. The second-order valence-corrected chi connectivity index (χ2v) is 7.63. The average molecular weight is 450 g/mol. The van der Waals surface area contributed by atoms with Crippen molar-refractivity contribution in [3.05, 3.63) is 35.9 Å². The molecule has 11 heteroatoms. The number of nitrogens with one attached hydrogen (secondary N) is 3. The Morgan fingerprint density at radius 3 is 2.09 bits per heavy atom. The number of carboxylic acid groups (broad SMARTS) is 2. The molecule has 0 aliphatic rings. The highest BCUT2D eigenvalue weighted by Crippen LogP contribution is 2.06. The lowest BCUT2D eigenvalue weighted by molar-refractivity contribution is -0.143. The van der Waals surface area contributed by atoms with Gasteiger partial charge in [0, 0.05) is 12.8 Å². The molecule has 0 fully saturated rings. The van der Waals surface area contributed by atoms with Gasteiger partial charge in [-0.15, -0.1) is 0 Å². The summed E-state index contributed by atoms with van der Waals surface area (Å²) in [4.78, 5) is 59.1. The molecule has 0 aromatic heterocycles. The van der Waals surface area contributed by atoms with Crippen molar-refractivity contribution in [2.75, 3.05) is 6.54 Å². The molecular weight excluding hydrogens is 420 g/mol. The lowest BCUT2D eigenvalue weighted by Crippen LogP contribution is -2.54. The van der Waals surface area contributed by atoms with Crippen LogP contribution in [0.25, 0.3) is 0 Å². The molecule has 32 heavy (non-hydrogen) atoms. The van der Waals surface area contributed by atoms with Gasteiger partial charge in [-0.05, 0) is 17.9 Å². The third-order valence-corrected chi connectivity index (χ3v) is 4.64. The van der Waals surface area contributed by atoms with E-state index < -0.39 is 60.8 Å². The summed E-state index contributed by atoms with van der Waals surface area (Å²) in [5.41, 5.74) is 6.43. The van der Waals surface area contributed by atoms with Gasteiger partial charge in [0.2, 0.25) is 17.7 Å². The molecule has 1 aromatic carbocycles. The molecule has 0 saturated heterocycles. The van der Waals surface area contributed by atoms with Crippen LogP contribution < -0.4 is 21.7 Å². The standard InChI is InChI=1S/C21H30N4O7/c1-12(2)18(22)20(30)23-11-16(26)24-15(10-13-6-4-3-5-7-13)19(29)25-14(21(31)32)8-9-17(27)28/h3-7,12,14-15,18H,8-11,22H2,1-2H3,(H,23,30)(H,24,26)(H,25,29)(H,27,28)(H,31,32). The van der Waals surface area contributed by atoms with Gasteiger partial charge in [-0.2, -0.15) is 0 Å². The molecule has 0 saturated carbocycles. The van der Waals surface area contributed by atoms with Crippen LogP contribution in [0.4, 0.5) is 0 Å². The van der Waals surface area contributed by atoms with E-state index in [9.17, 15) is 29.1 Å². The van der Waals surface area contributed by atoms with Gasteiger partial charge in [-0.25, -0.2) is 4.79 Å². The molecule has 0 aliphatic carbocycles. The van der Waals surface area contributed by atoms with Crippen molar-refractivity contribution in [2.45, 2.75) is 51.2 Å². The van der Waals surface area contributed by atoms with Gasteiger partial charge >= 0.3 is 11.9 Å². The minimum atomic E-state index is -1.43. The minimum absolute atomic E-state index is 0.0587. The second kappa shape index (κ2) is 13.1. The summed E-state index contributed by atoms with van der Waals surface area (Å²) in [5.74, 6) is -4.69. The van der Waals surface area contributed by atoms with Gasteiger partial charge < -0.3 is 31.9 Å².